The number of benzene rings is 1. The largest absolute Gasteiger partial charge is 0.490 e. The summed E-state index contributed by atoms with van der Waals surface area (Å²) in [6.45, 7) is 1.75. The molecule has 1 aromatic carbocycles. The number of fused-ring (bicyclic) bond motifs is 1. The minimum Gasteiger partial charge on any atom is -0.490 e. The first-order valence-electron chi connectivity index (χ1n) is 7.72. The molecule has 0 aliphatic carbocycles. The number of ether oxygens (including phenoxy) is 1. The number of hydrogen-bond donors (Lipinski definition) is 1. The monoisotopic (exact) mass is 407 g/mol. The fraction of sp³-hybridized carbons (Fsp3) is 0.312. The molecule has 3 aromatic rings. The molecular formula is C16H15BrClN5O. The molecule has 0 amide bonds. The van der Waals surface area contributed by atoms with Crippen LogP contribution in [-0.4, -0.2) is 39.4 Å². The van der Waals surface area contributed by atoms with Crippen molar-refractivity contribution >= 4 is 44.4 Å². The predicted octanol–water partition coefficient (Wildman–Crippen LogP) is 3.82. The Morgan fingerprint density at radius 1 is 1.17 bits per heavy atom. The smallest absolute Gasteiger partial charge is 0.161 e. The van der Waals surface area contributed by atoms with Crippen molar-refractivity contribution in [2.24, 2.45) is 0 Å². The first kappa shape index (κ1) is 15.7. The lowest BCUT2D eigenvalue weighted by Crippen LogP contribution is -2.38. The molecule has 3 heterocycles. The molecule has 1 aliphatic rings. The molecule has 24 heavy (non-hydrogen) atoms. The van der Waals surface area contributed by atoms with Crippen LogP contribution in [0.4, 0.5) is 5.82 Å². The first-order chi connectivity index (χ1) is 11.7. The molecule has 0 atom stereocenters. The molecule has 124 valence electrons. The van der Waals surface area contributed by atoms with E-state index in [0.717, 1.165) is 58.2 Å². The van der Waals surface area contributed by atoms with Crippen LogP contribution in [0.25, 0.3) is 11.0 Å². The van der Waals surface area contributed by atoms with Crippen molar-refractivity contribution in [3.63, 3.8) is 0 Å². The van der Waals surface area contributed by atoms with E-state index in [-0.39, 0.29) is 6.10 Å². The van der Waals surface area contributed by atoms with Gasteiger partial charge in [-0.25, -0.2) is 9.97 Å². The average Bonchev–Trinajstić information content (AvgIpc) is 2.99. The molecule has 2 aromatic heterocycles. The zero-order valence-electron chi connectivity index (χ0n) is 12.7. The number of aromatic amines is 1. The molecule has 0 radical (unpaired) electrons. The Bertz CT molecular complexity index is 845. The van der Waals surface area contributed by atoms with Crippen molar-refractivity contribution in [3.8, 4) is 5.75 Å². The van der Waals surface area contributed by atoms with Crippen LogP contribution in [0.2, 0.25) is 5.02 Å². The van der Waals surface area contributed by atoms with Gasteiger partial charge in [0, 0.05) is 31.0 Å². The van der Waals surface area contributed by atoms with E-state index >= 15 is 0 Å². The molecule has 4 rings (SSSR count). The zero-order chi connectivity index (χ0) is 16.5. The van der Waals surface area contributed by atoms with Gasteiger partial charge in [-0.1, -0.05) is 11.6 Å². The van der Waals surface area contributed by atoms with Crippen molar-refractivity contribution < 1.29 is 4.74 Å². The van der Waals surface area contributed by atoms with Gasteiger partial charge in [-0.2, -0.15) is 5.10 Å². The van der Waals surface area contributed by atoms with Gasteiger partial charge in [0.05, 0.1) is 5.39 Å². The lowest BCUT2D eigenvalue weighted by Gasteiger charge is -2.33. The van der Waals surface area contributed by atoms with Gasteiger partial charge >= 0.3 is 0 Å². The molecule has 0 spiro atoms. The second-order valence-corrected chi connectivity index (χ2v) is 6.88. The van der Waals surface area contributed by atoms with Crippen molar-refractivity contribution in [2.45, 2.75) is 18.9 Å². The van der Waals surface area contributed by atoms with Crippen LogP contribution in [0.15, 0.2) is 35.2 Å². The topological polar surface area (TPSA) is 66.9 Å². The maximum Gasteiger partial charge on any atom is 0.161 e. The normalized spacial score (nSPS) is 15.8. The number of anilines is 1. The summed E-state index contributed by atoms with van der Waals surface area (Å²) in [4.78, 5) is 10.9. The van der Waals surface area contributed by atoms with Gasteiger partial charge in [0.1, 0.15) is 28.6 Å². The fourth-order valence-electron chi connectivity index (χ4n) is 2.94. The van der Waals surface area contributed by atoms with Crippen molar-refractivity contribution in [2.75, 3.05) is 18.0 Å². The highest BCUT2D eigenvalue weighted by Gasteiger charge is 2.24. The molecule has 8 heteroatoms. The number of hydrogen-bond acceptors (Lipinski definition) is 5. The van der Waals surface area contributed by atoms with Crippen LogP contribution in [0, 0.1) is 0 Å². The van der Waals surface area contributed by atoms with Crippen molar-refractivity contribution in [1.29, 1.82) is 0 Å². The van der Waals surface area contributed by atoms with Crippen LogP contribution < -0.4 is 9.64 Å². The SMILES string of the molecule is Clc1ccc(OC2CCN(c3ncnc4[nH]nc(Br)c34)CC2)cc1. The molecule has 0 unspecified atom stereocenters. The number of H-pyrrole nitrogens is 1. The maximum atomic E-state index is 6.04. The lowest BCUT2D eigenvalue weighted by molar-refractivity contribution is 0.171. The number of nitrogens with zero attached hydrogens (tertiary/aromatic N) is 4. The molecule has 1 saturated heterocycles. The van der Waals surface area contributed by atoms with Gasteiger partial charge in [0.15, 0.2) is 5.65 Å². The van der Waals surface area contributed by atoms with E-state index in [0.29, 0.717) is 0 Å². The van der Waals surface area contributed by atoms with Gasteiger partial charge in [0.2, 0.25) is 0 Å². The number of halogens is 2. The van der Waals surface area contributed by atoms with Gasteiger partial charge in [-0.15, -0.1) is 0 Å². The highest BCUT2D eigenvalue weighted by atomic mass is 79.9. The number of piperidine rings is 1. The van der Waals surface area contributed by atoms with Crippen LogP contribution in [0.5, 0.6) is 5.75 Å². The molecular weight excluding hydrogens is 394 g/mol. The standard InChI is InChI=1S/C16H15BrClN5O/c17-14-13-15(22-21-14)19-9-20-16(13)23-7-5-12(6-8-23)24-11-3-1-10(18)2-4-11/h1-4,9,12H,5-8H2,(H,19,20,21,22). The van der Waals surface area contributed by atoms with Gasteiger partial charge in [-0.05, 0) is 40.2 Å². The third-order valence-electron chi connectivity index (χ3n) is 4.15. The second-order valence-electron chi connectivity index (χ2n) is 5.69. The summed E-state index contributed by atoms with van der Waals surface area (Å²) >= 11 is 9.37. The lowest BCUT2D eigenvalue weighted by atomic mass is 10.1. The highest BCUT2D eigenvalue weighted by molar-refractivity contribution is 9.10. The minimum atomic E-state index is 0.201. The van der Waals surface area contributed by atoms with Gasteiger partial charge in [0.25, 0.3) is 0 Å². The summed E-state index contributed by atoms with van der Waals surface area (Å²) in [6.07, 6.45) is 3.64. The Hall–Kier alpha value is -1.86. The van der Waals surface area contributed by atoms with Crippen LogP contribution >= 0.6 is 27.5 Å². The second kappa shape index (κ2) is 6.57. The van der Waals surface area contributed by atoms with Crippen LogP contribution in [0.3, 0.4) is 0 Å². The molecule has 1 aliphatic heterocycles. The summed E-state index contributed by atoms with van der Waals surface area (Å²) in [7, 11) is 0. The quantitative estimate of drug-likeness (QED) is 0.714. The summed E-state index contributed by atoms with van der Waals surface area (Å²) < 4.78 is 6.79. The molecule has 0 saturated carbocycles. The fourth-order valence-corrected chi connectivity index (χ4v) is 3.52. The Kier molecular flexibility index (Phi) is 4.28. The average molecular weight is 409 g/mol. The number of nitrogens with one attached hydrogen (secondary N) is 1. The zero-order valence-corrected chi connectivity index (χ0v) is 15.1. The summed E-state index contributed by atoms with van der Waals surface area (Å²) in [5.74, 6) is 1.77. The number of rotatable bonds is 3. The molecule has 1 fully saturated rings. The van der Waals surface area contributed by atoms with Crippen LogP contribution in [0.1, 0.15) is 12.8 Å². The first-order valence-corrected chi connectivity index (χ1v) is 8.89. The van der Waals surface area contributed by atoms with E-state index in [2.05, 4.69) is 41.0 Å². The Morgan fingerprint density at radius 2 is 1.92 bits per heavy atom. The van der Waals surface area contributed by atoms with Crippen molar-refractivity contribution in [1.82, 2.24) is 20.2 Å². The molecule has 1 N–H and O–H groups in total. The Balaban J connectivity index is 1.45. The summed E-state index contributed by atoms with van der Waals surface area (Å²) in [5.41, 5.74) is 0.742. The molecule has 6 nitrogen and oxygen atoms in total. The third-order valence-corrected chi connectivity index (χ3v) is 4.98. The van der Waals surface area contributed by atoms with Crippen molar-refractivity contribution in [3.05, 3.63) is 40.2 Å². The summed E-state index contributed by atoms with van der Waals surface area (Å²) in [6, 6.07) is 7.51. The maximum absolute atomic E-state index is 6.04. The minimum absolute atomic E-state index is 0.201. The van der Waals surface area contributed by atoms with E-state index in [9.17, 15) is 0 Å². The van der Waals surface area contributed by atoms with E-state index in [4.69, 9.17) is 16.3 Å². The Morgan fingerprint density at radius 3 is 2.67 bits per heavy atom. The predicted molar refractivity (Wildman–Crippen MR) is 96.7 cm³/mol. The van der Waals surface area contributed by atoms with E-state index in [1.807, 2.05) is 24.3 Å². The molecule has 0 bridgehead atoms. The van der Waals surface area contributed by atoms with Gasteiger partial charge < -0.3 is 9.64 Å². The van der Waals surface area contributed by atoms with Crippen LogP contribution in [-0.2, 0) is 0 Å². The van der Waals surface area contributed by atoms with E-state index in [1.54, 1.807) is 6.33 Å². The number of aromatic nitrogens is 4. The highest BCUT2D eigenvalue weighted by Crippen LogP contribution is 2.30. The van der Waals surface area contributed by atoms with Gasteiger partial charge in [-0.3, -0.25) is 5.10 Å². The summed E-state index contributed by atoms with van der Waals surface area (Å²) in [5, 5.41) is 8.70. The third kappa shape index (κ3) is 3.06. The van der Waals surface area contributed by atoms with E-state index < -0.39 is 0 Å². The Labute approximate surface area is 152 Å². The van der Waals surface area contributed by atoms with E-state index in [1.165, 1.54) is 0 Å².